The van der Waals surface area contributed by atoms with Crippen LogP contribution in [0.15, 0.2) is 18.2 Å². The zero-order valence-electron chi connectivity index (χ0n) is 12.7. The van der Waals surface area contributed by atoms with Crippen molar-refractivity contribution < 1.29 is 4.79 Å². The average Bonchev–Trinajstić information content (AvgIpc) is 2.54. The molecular formula is C17H25N3O. The van der Waals surface area contributed by atoms with Gasteiger partial charge in [0.15, 0.2) is 0 Å². The predicted molar refractivity (Wildman–Crippen MR) is 86.9 cm³/mol. The fourth-order valence-electron chi connectivity index (χ4n) is 3.44. The Morgan fingerprint density at radius 1 is 1.24 bits per heavy atom. The van der Waals surface area contributed by atoms with Crippen molar-refractivity contribution in [3.05, 3.63) is 23.8 Å². The van der Waals surface area contributed by atoms with E-state index in [-0.39, 0.29) is 5.91 Å². The van der Waals surface area contributed by atoms with Crippen LogP contribution in [0.5, 0.6) is 0 Å². The zero-order chi connectivity index (χ0) is 14.7. The molecule has 0 saturated heterocycles. The van der Waals surface area contributed by atoms with E-state index in [1.54, 1.807) is 0 Å². The number of rotatable bonds is 3. The van der Waals surface area contributed by atoms with E-state index in [4.69, 9.17) is 0 Å². The van der Waals surface area contributed by atoms with Gasteiger partial charge in [0.25, 0.3) is 5.91 Å². The van der Waals surface area contributed by atoms with E-state index in [1.165, 1.54) is 19.3 Å². The van der Waals surface area contributed by atoms with Gasteiger partial charge >= 0.3 is 0 Å². The van der Waals surface area contributed by atoms with E-state index >= 15 is 0 Å². The molecule has 1 amide bonds. The maximum Gasteiger partial charge on any atom is 0.251 e. The molecule has 1 fully saturated rings. The van der Waals surface area contributed by atoms with Gasteiger partial charge in [-0.2, -0.15) is 0 Å². The maximum absolute atomic E-state index is 12.4. The fourth-order valence-corrected chi connectivity index (χ4v) is 3.44. The quantitative estimate of drug-likeness (QED) is 0.800. The first-order chi connectivity index (χ1) is 10.3. The molecule has 1 aromatic rings. The summed E-state index contributed by atoms with van der Waals surface area (Å²) >= 11 is 0. The Bertz CT molecular complexity index is 515. The third kappa shape index (κ3) is 3.31. The van der Waals surface area contributed by atoms with Crippen LogP contribution in [0.1, 0.15) is 49.4 Å². The number of carbonyl (C=O) groups excluding carboxylic acids is 1. The molecule has 0 bridgehead atoms. The average molecular weight is 287 g/mol. The Kier molecular flexibility index (Phi) is 4.32. The molecule has 1 aliphatic carbocycles. The molecule has 3 rings (SSSR count). The Hall–Kier alpha value is -1.71. The highest BCUT2D eigenvalue weighted by Crippen LogP contribution is 2.28. The van der Waals surface area contributed by atoms with Crippen molar-refractivity contribution in [3.63, 3.8) is 0 Å². The molecule has 0 spiro atoms. The molecule has 1 heterocycles. The summed E-state index contributed by atoms with van der Waals surface area (Å²) in [6, 6.07) is 6.20. The van der Waals surface area contributed by atoms with Gasteiger partial charge in [-0.1, -0.05) is 26.2 Å². The van der Waals surface area contributed by atoms with Gasteiger partial charge in [0, 0.05) is 24.7 Å². The van der Waals surface area contributed by atoms with Crippen molar-refractivity contribution in [2.75, 3.05) is 23.7 Å². The Labute approximate surface area is 126 Å². The van der Waals surface area contributed by atoms with Gasteiger partial charge in [-0.05, 0) is 37.0 Å². The van der Waals surface area contributed by atoms with Crippen molar-refractivity contribution in [1.29, 1.82) is 0 Å². The van der Waals surface area contributed by atoms with Crippen LogP contribution in [-0.4, -0.2) is 25.0 Å². The SMILES string of the molecule is CCC1CCCC(NC(=O)c2ccc3c(c2)NCCN3)C1. The zero-order valence-corrected chi connectivity index (χ0v) is 12.7. The second-order valence-corrected chi connectivity index (χ2v) is 6.23. The van der Waals surface area contributed by atoms with Gasteiger partial charge < -0.3 is 16.0 Å². The lowest BCUT2D eigenvalue weighted by Crippen LogP contribution is -2.38. The van der Waals surface area contributed by atoms with E-state index < -0.39 is 0 Å². The molecule has 21 heavy (non-hydrogen) atoms. The van der Waals surface area contributed by atoms with Crippen molar-refractivity contribution in [2.24, 2.45) is 5.92 Å². The minimum Gasteiger partial charge on any atom is -0.382 e. The number of amides is 1. The highest BCUT2D eigenvalue weighted by molar-refractivity contribution is 5.96. The standard InChI is InChI=1S/C17H25N3O/c1-2-12-4-3-5-14(10-12)20-17(21)13-6-7-15-16(11-13)19-9-8-18-15/h6-7,11-12,14,18-19H,2-5,8-10H2,1H3,(H,20,21). The molecule has 0 aromatic heterocycles. The summed E-state index contributed by atoms with van der Waals surface area (Å²) in [6.45, 7) is 4.08. The summed E-state index contributed by atoms with van der Waals surface area (Å²) in [5, 5.41) is 9.88. The molecule has 1 saturated carbocycles. The highest BCUT2D eigenvalue weighted by atomic mass is 16.1. The van der Waals surface area contributed by atoms with Gasteiger partial charge in [-0.15, -0.1) is 0 Å². The van der Waals surface area contributed by atoms with E-state index in [2.05, 4.69) is 22.9 Å². The van der Waals surface area contributed by atoms with Crippen LogP contribution in [0.25, 0.3) is 0 Å². The van der Waals surface area contributed by atoms with Crippen LogP contribution in [0.2, 0.25) is 0 Å². The van der Waals surface area contributed by atoms with Crippen molar-refractivity contribution in [3.8, 4) is 0 Å². The molecule has 1 aromatic carbocycles. The van der Waals surface area contributed by atoms with E-state index in [0.29, 0.717) is 6.04 Å². The lowest BCUT2D eigenvalue weighted by molar-refractivity contribution is 0.0919. The maximum atomic E-state index is 12.4. The van der Waals surface area contributed by atoms with E-state index in [9.17, 15) is 4.79 Å². The largest absolute Gasteiger partial charge is 0.382 e. The molecule has 114 valence electrons. The normalized spacial score (nSPS) is 24.4. The molecule has 2 aliphatic rings. The summed E-state index contributed by atoms with van der Waals surface area (Å²) in [6.07, 6.45) is 6.02. The summed E-state index contributed by atoms with van der Waals surface area (Å²) in [5.74, 6) is 0.838. The Balaban J connectivity index is 1.65. The third-order valence-corrected chi connectivity index (χ3v) is 4.73. The smallest absolute Gasteiger partial charge is 0.251 e. The van der Waals surface area contributed by atoms with Crippen molar-refractivity contribution >= 4 is 17.3 Å². The van der Waals surface area contributed by atoms with E-state index in [0.717, 1.165) is 48.8 Å². The highest BCUT2D eigenvalue weighted by Gasteiger charge is 2.22. The number of benzene rings is 1. The monoisotopic (exact) mass is 287 g/mol. The van der Waals surface area contributed by atoms with Crippen LogP contribution in [-0.2, 0) is 0 Å². The summed E-state index contributed by atoms with van der Waals surface area (Å²) in [5.41, 5.74) is 2.87. The lowest BCUT2D eigenvalue weighted by Gasteiger charge is -2.29. The lowest BCUT2D eigenvalue weighted by atomic mass is 9.84. The van der Waals surface area contributed by atoms with Crippen LogP contribution in [0.3, 0.4) is 0 Å². The first kappa shape index (κ1) is 14.2. The minimum absolute atomic E-state index is 0.0620. The van der Waals surface area contributed by atoms with Crippen molar-refractivity contribution in [1.82, 2.24) is 5.32 Å². The molecule has 2 atom stereocenters. The second kappa shape index (κ2) is 6.37. The molecular weight excluding hydrogens is 262 g/mol. The number of carbonyl (C=O) groups is 1. The molecule has 3 N–H and O–H groups in total. The van der Waals surface area contributed by atoms with Gasteiger partial charge in [-0.3, -0.25) is 4.79 Å². The summed E-state index contributed by atoms with van der Waals surface area (Å²) in [4.78, 5) is 12.4. The molecule has 2 unspecified atom stereocenters. The van der Waals surface area contributed by atoms with Crippen molar-refractivity contribution in [2.45, 2.75) is 45.1 Å². The Morgan fingerprint density at radius 3 is 2.86 bits per heavy atom. The van der Waals surface area contributed by atoms with E-state index in [1.807, 2.05) is 18.2 Å². The summed E-state index contributed by atoms with van der Waals surface area (Å²) in [7, 11) is 0. The minimum atomic E-state index is 0.0620. The van der Waals surface area contributed by atoms with Gasteiger partial charge in [-0.25, -0.2) is 0 Å². The van der Waals surface area contributed by atoms with Gasteiger partial charge in [0.05, 0.1) is 11.4 Å². The first-order valence-corrected chi connectivity index (χ1v) is 8.19. The topological polar surface area (TPSA) is 53.2 Å². The molecule has 4 nitrogen and oxygen atoms in total. The van der Waals surface area contributed by atoms with Crippen LogP contribution < -0.4 is 16.0 Å². The van der Waals surface area contributed by atoms with Gasteiger partial charge in [0.2, 0.25) is 0 Å². The third-order valence-electron chi connectivity index (χ3n) is 4.73. The van der Waals surface area contributed by atoms with Gasteiger partial charge in [0.1, 0.15) is 0 Å². The first-order valence-electron chi connectivity index (χ1n) is 8.19. The Morgan fingerprint density at radius 2 is 2.05 bits per heavy atom. The van der Waals surface area contributed by atoms with Crippen LogP contribution in [0.4, 0.5) is 11.4 Å². The number of hydrogen-bond acceptors (Lipinski definition) is 3. The predicted octanol–water partition coefficient (Wildman–Crippen LogP) is 3.22. The molecule has 4 heteroatoms. The summed E-state index contributed by atoms with van der Waals surface area (Å²) < 4.78 is 0. The molecule has 0 radical (unpaired) electrons. The number of hydrogen-bond donors (Lipinski definition) is 3. The van der Waals surface area contributed by atoms with Crippen LogP contribution in [0, 0.1) is 5.92 Å². The number of nitrogens with one attached hydrogen (secondary N) is 3. The molecule has 1 aliphatic heterocycles. The second-order valence-electron chi connectivity index (χ2n) is 6.23. The number of anilines is 2. The van der Waals surface area contributed by atoms with Crippen LogP contribution >= 0.6 is 0 Å². The number of fused-ring (bicyclic) bond motifs is 1. The fraction of sp³-hybridized carbons (Fsp3) is 0.588.